The van der Waals surface area contributed by atoms with E-state index in [-0.39, 0.29) is 23.7 Å². The Balaban J connectivity index is 2.15. The molecule has 0 spiro atoms. The average Bonchev–Trinajstić information content (AvgIpc) is 2.42. The van der Waals surface area contributed by atoms with E-state index < -0.39 is 4.92 Å². The molecule has 2 N–H and O–H groups in total. The highest BCUT2D eigenvalue weighted by Crippen LogP contribution is 2.20. The van der Waals surface area contributed by atoms with Crippen LogP contribution < -0.4 is 10.6 Å². The SMILES string of the molecule is Cc1cc([N+](=O)[O-])ccc1C(=O)NC1C(C)CCNC1C. The second kappa shape index (κ2) is 6.22. The summed E-state index contributed by atoms with van der Waals surface area (Å²) in [6.07, 6.45) is 1.02. The number of rotatable bonds is 3. The summed E-state index contributed by atoms with van der Waals surface area (Å²) in [5, 5.41) is 17.1. The van der Waals surface area contributed by atoms with Crippen LogP contribution in [0.2, 0.25) is 0 Å². The van der Waals surface area contributed by atoms with Crippen molar-refractivity contribution in [3.63, 3.8) is 0 Å². The molecule has 1 aliphatic rings. The van der Waals surface area contributed by atoms with Gasteiger partial charge < -0.3 is 10.6 Å². The molecule has 1 saturated heterocycles. The van der Waals surface area contributed by atoms with Crippen LogP contribution in [0.3, 0.4) is 0 Å². The molecule has 0 radical (unpaired) electrons. The molecule has 3 atom stereocenters. The van der Waals surface area contributed by atoms with Gasteiger partial charge in [0.15, 0.2) is 0 Å². The van der Waals surface area contributed by atoms with Crippen molar-refractivity contribution >= 4 is 11.6 Å². The number of nitrogens with zero attached hydrogens (tertiary/aromatic N) is 1. The minimum Gasteiger partial charge on any atom is -0.347 e. The predicted octanol–water partition coefficient (Wildman–Crippen LogP) is 2.02. The highest BCUT2D eigenvalue weighted by Gasteiger charge is 2.29. The minimum absolute atomic E-state index is 0.00474. The van der Waals surface area contributed by atoms with Gasteiger partial charge in [-0.25, -0.2) is 0 Å². The van der Waals surface area contributed by atoms with E-state index in [0.717, 1.165) is 13.0 Å². The lowest BCUT2D eigenvalue weighted by molar-refractivity contribution is -0.384. The van der Waals surface area contributed by atoms with Gasteiger partial charge in [-0.3, -0.25) is 14.9 Å². The topological polar surface area (TPSA) is 84.3 Å². The van der Waals surface area contributed by atoms with Crippen LogP contribution >= 0.6 is 0 Å². The lowest BCUT2D eigenvalue weighted by Gasteiger charge is -2.36. The summed E-state index contributed by atoms with van der Waals surface area (Å²) in [5.74, 6) is 0.235. The molecular weight excluding hydrogens is 270 g/mol. The molecule has 1 fully saturated rings. The number of amides is 1. The minimum atomic E-state index is -0.454. The molecule has 1 aliphatic heterocycles. The fourth-order valence-corrected chi connectivity index (χ4v) is 2.85. The number of non-ortho nitro benzene ring substituents is 1. The molecule has 1 aromatic carbocycles. The molecule has 6 nitrogen and oxygen atoms in total. The highest BCUT2D eigenvalue weighted by molar-refractivity contribution is 5.96. The number of carbonyl (C=O) groups is 1. The molecule has 21 heavy (non-hydrogen) atoms. The predicted molar refractivity (Wildman–Crippen MR) is 80.3 cm³/mol. The Labute approximate surface area is 124 Å². The third-order valence-electron chi connectivity index (χ3n) is 4.18. The number of carbonyl (C=O) groups excluding carboxylic acids is 1. The molecule has 0 aromatic heterocycles. The van der Waals surface area contributed by atoms with Crippen molar-refractivity contribution in [1.82, 2.24) is 10.6 Å². The van der Waals surface area contributed by atoms with Gasteiger partial charge in [-0.15, -0.1) is 0 Å². The Morgan fingerprint density at radius 3 is 2.71 bits per heavy atom. The first kappa shape index (κ1) is 15.4. The number of piperidine rings is 1. The van der Waals surface area contributed by atoms with Crippen LogP contribution in [-0.2, 0) is 0 Å². The van der Waals surface area contributed by atoms with E-state index in [1.165, 1.54) is 18.2 Å². The van der Waals surface area contributed by atoms with Crippen LogP contribution in [0.5, 0.6) is 0 Å². The first-order valence-electron chi connectivity index (χ1n) is 7.19. The average molecular weight is 291 g/mol. The first-order chi connectivity index (χ1) is 9.90. The maximum atomic E-state index is 12.4. The number of nitro benzene ring substituents is 1. The molecule has 1 heterocycles. The van der Waals surface area contributed by atoms with E-state index in [1.54, 1.807) is 6.92 Å². The Hall–Kier alpha value is -1.95. The molecule has 114 valence electrons. The molecule has 1 amide bonds. The van der Waals surface area contributed by atoms with Crippen molar-refractivity contribution < 1.29 is 9.72 Å². The second-order valence-corrected chi connectivity index (χ2v) is 5.76. The number of hydrogen-bond acceptors (Lipinski definition) is 4. The van der Waals surface area contributed by atoms with E-state index in [0.29, 0.717) is 17.0 Å². The summed E-state index contributed by atoms with van der Waals surface area (Å²) < 4.78 is 0. The smallest absolute Gasteiger partial charge is 0.269 e. The van der Waals surface area contributed by atoms with Gasteiger partial charge in [0.25, 0.3) is 11.6 Å². The van der Waals surface area contributed by atoms with Crippen molar-refractivity contribution in [2.75, 3.05) is 6.54 Å². The maximum absolute atomic E-state index is 12.4. The summed E-state index contributed by atoms with van der Waals surface area (Å²) in [6, 6.07) is 4.61. The van der Waals surface area contributed by atoms with Crippen molar-refractivity contribution in [1.29, 1.82) is 0 Å². The Morgan fingerprint density at radius 2 is 2.14 bits per heavy atom. The van der Waals surface area contributed by atoms with Crippen LogP contribution in [0.1, 0.15) is 36.2 Å². The van der Waals surface area contributed by atoms with E-state index in [4.69, 9.17) is 0 Å². The van der Waals surface area contributed by atoms with Gasteiger partial charge in [0.2, 0.25) is 0 Å². The van der Waals surface area contributed by atoms with Crippen LogP contribution in [0.25, 0.3) is 0 Å². The van der Waals surface area contributed by atoms with Gasteiger partial charge in [-0.2, -0.15) is 0 Å². The molecule has 0 aliphatic carbocycles. The number of aryl methyl sites for hydroxylation is 1. The second-order valence-electron chi connectivity index (χ2n) is 5.76. The number of nitro groups is 1. The summed E-state index contributed by atoms with van der Waals surface area (Å²) in [6.45, 7) is 6.87. The van der Waals surface area contributed by atoms with Crippen LogP contribution in [0.15, 0.2) is 18.2 Å². The van der Waals surface area contributed by atoms with E-state index in [2.05, 4.69) is 24.5 Å². The molecule has 0 saturated carbocycles. The quantitative estimate of drug-likeness (QED) is 0.659. The Bertz CT molecular complexity index is 549. The fraction of sp³-hybridized carbons (Fsp3) is 0.533. The number of nitrogens with one attached hydrogen (secondary N) is 2. The zero-order chi connectivity index (χ0) is 15.6. The first-order valence-corrected chi connectivity index (χ1v) is 7.19. The van der Waals surface area contributed by atoms with Crippen molar-refractivity contribution in [2.45, 2.75) is 39.3 Å². The lowest BCUT2D eigenvalue weighted by Crippen LogP contribution is -2.55. The lowest BCUT2D eigenvalue weighted by atomic mass is 9.89. The van der Waals surface area contributed by atoms with Crippen LogP contribution in [0, 0.1) is 23.0 Å². The number of hydrogen-bond donors (Lipinski definition) is 2. The Morgan fingerprint density at radius 1 is 1.43 bits per heavy atom. The summed E-state index contributed by atoms with van der Waals surface area (Å²) in [4.78, 5) is 22.7. The molecular formula is C15H21N3O3. The standard InChI is InChI=1S/C15H21N3O3/c1-9-6-7-16-11(3)14(9)17-15(19)13-5-4-12(18(20)21)8-10(13)2/h4-5,8-9,11,14,16H,6-7H2,1-3H3,(H,17,19). The van der Waals surface area contributed by atoms with Gasteiger partial charge in [-0.1, -0.05) is 6.92 Å². The molecule has 0 bridgehead atoms. The monoisotopic (exact) mass is 291 g/mol. The van der Waals surface area contributed by atoms with Crippen LogP contribution in [-0.4, -0.2) is 29.5 Å². The Kier molecular flexibility index (Phi) is 4.57. The van der Waals surface area contributed by atoms with Crippen molar-refractivity contribution in [3.8, 4) is 0 Å². The van der Waals surface area contributed by atoms with Crippen LogP contribution in [0.4, 0.5) is 5.69 Å². The number of benzene rings is 1. The third kappa shape index (κ3) is 3.39. The highest BCUT2D eigenvalue weighted by atomic mass is 16.6. The normalized spacial score (nSPS) is 25.4. The molecule has 2 rings (SSSR count). The van der Waals surface area contributed by atoms with E-state index in [1.807, 2.05) is 0 Å². The van der Waals surface area contributed by atoms with Gasteiger partial charge in [0.05, 0.1) is 4.92 Å². The van der Waals surface area contributed by atoms with Crippen molar-refractivity contribution in [2.24, 2.45) is 5.92 Å². The van der Waals surface area contributed by atoms with Gasteiger partial charge >= 0.3 is 0 Å². The molecule has 1 aromatic rings. The van der Waals surface area contributed by atoms with Gasteiger partial charge in [-0.05, 0) is 44.4 Å². The summed E-state index contributed by atoms with van der Waals surface area (Å²) in [7, 11) is 0. The third-order valence-corrected chi connectivity index (χ3v) is 4.18. The van der Waals surface area contributed by atoms with Crippen molar-refractivity contribution in [3.05, 3.63) is 39.4 Å². The van der Waals surface area contributed by atoms with Gasteiger partial charge in [0, 0.05) is 29.8 Å². The molecule has 3 unspecified atom stereocenters. The zero-order valence-corrected chi connectivity index (χ0v) is 12.6. The molecule has 6 heteroatoms. The summed E-state index contributed by atoms with van der Waals surface area (Å²) >= 11 is 0. The largest absolute Gasteiger partial charge is 0.347 e. The summed E-state index contributed by atoms with van der Waals surface area (Å²) in [5.41, 5.74) is 1.11. The van der Waals surface area contributed by atoms with E-state index in [9.17, 15) is 14.9 Å². The maximum Gasteiger partial charge on any atom is 0.269 e. The van der Waals surface area contributed by atoms with Gasteiger partial charge in [0.1, 0.15) is 0 Å². The fourth-order valence-electron chi connectivity index (χ4n) is 2.85. The van der Waals surface area contributed by atoms with E-state index >= 15 is 0 Å². The zero-order valence-electron chi connectivity index (χ0n) is 12.6.